The van der Waals surface area contributed by atoms with Gasteiger partial charge in [-0.2, -0.15) is 0 Å². The van der Waals surface area contributed by atoms with E-state index in [2.05, 4.69) is 70.8 Å². The fraction of sp³-hybridized carbons (Fsp3) is 0.529. The molecule has 112 valence electrons. The maximum absolute atomic E-state index is 6.21. The van der Waals surface area contributed by atoms with Crippen molar-refractivity contribution in [1.82, 2.24) is 0 Å². The fourth-order valence-electron chi connectivity index (χ4n) is 1.54. The van der Waals surface area contributed by atoms with Crippen molar-refractivity contribution in [1.29, 1.82) is 0 Å². The molecule has 0 N–H and O–H groups in total. The summed E-state index contributed by atoms with van der Waals surface area (Å²) < 4.78 is 7.69. The summed E-state index contributed by atoms with van der Waals surface area (Å²) in [5, 5.41) is 1.51. The molecule has 1 aromatic carbocycles. The molecule has 1 rings (SSSR count). The van der Waals surface area contributed by atoms with Crippen LogP contribution in [0.25, 0.3) is 0 Å². The summed E-state index contributed by atoms with van der Waals surface area (Å²) in [5.41, 5.74) is 0. The van der Waals surface area contributed by atoms with Crippen molar-refractivity contribution in [3.8, 4) is 0 Å². The Balaban J connectivity index is 2.27. The summed E-state index contributed by atoms with van der Waals surface area (Å²) in [5.74, 6) is 0.987. The first-order valence-electron chi connectivity index (χ1n) is 7.27. The predicted octanol–water partition coefficient (Wildman–Crippen LogP) is 4.75. The van der Waals surface area contributed by atoms with Crippen molar-refractivity contribution < 1.29 is 4.43 Å². The summed E-state index contributed by atoms with van der Waals surface area (Å²) in [7, 11) is -1.69. The number of rotatable bonds is 7. The third-order valence-electron chi connectivity index (χ3n) is 3.82. The SMILES string of the molecule is C=C(CCC[Se]c1ccccc1)O[Si](C)(C)C(C)(C)C. The second kappa shape index (κ2) is 7.49. The quantitative estimate of drug-likeness (QED) is 0.390. The van der Waals surface area contributed by atoms with E-state index in [1.54, 1.807) is 0 Å². The van der Waals surface area contributed by atoms with Crippen LogP contribution in [0.4, 0.5) is 0 Å². The van der Waals surface area contributed by atoms with Gasteiger partial charge in [-0.15, -0.1) is 0 Å². The molecule has 20 heavy (non-hydrogen) atoms. The Bertz CT molecular complexity index is 420. The van der Waals surface area contributed by atoms with Crippen molar-refractivity contribution in [3.05, 3.63) is 42.7 Å². The molecule has 0 saturated carbocycles. The monoisotopic (exact) mass is 356 g/mol. The van der Waals surface area contributed by atoms with Crippen LogP contribution < -0.4 is 4.46 Å². The minimum absolute atomic E-state index is 0.254. The van der Waals surface area contributed by atoms with Crippen LogP contribution in [-0.4, -0.2) is 23.3 Å². The fourth-order valence-corrected chi connectivity index (χ4v) is 4.50. The van der Waals surface area contributed by atoms with E-state index in [0.717, 1.165) is 12.2 Å². The first-order chi connectivity index (χ1) is 9.22. The topological polar surface area (TPSA) is 9.23 Å². The summed E-state index contributed by atoms with van der Waals surface area (Å²) >= 11 is 0.582. The molecule has 0 heterocycles. The number of allylic oxidation sites excluding steroid dienone is 1. The van der Waals surface area contributed by atoms with Crippen LogP contribution in [0, 0.1) is 0 Å². The molecule has 1 nitrogen and oxygen atoms in total. The summed E-state index contributed by atoms with van der Waals surface area (Å²) in [6.45, 7) is 15.5. The molecule has 0 fully saturated rings. The molecule has 0 atom stereocenters. The van der Waals surface area contributed by atoms with Crippen molar-refractivity contribution in [2.75, 3.05) is 0 Å². The van der Waals surface area contributed by atoms with Crippen LogP contribution in [0.3, 0.4) is 0 Å². The van der Waals surface area contributed by atoms with E-state index in [9.17, 15) is 0 Å². The van der Waals surface area contributed by atoms with Crippen molar-refractivity contribution in [2.24, 2.45) is 0 Å². The van der Waals surface area contributed by atoms with Crippen LogP contribution in [0.15, 0.2) is 42.7 Å². The predicted molar refractivity (Wildman–Crippen MR) is 93.3 cm³/mol. The van der Waals surface area contributed by atoms with Gasteiger partial charge >= 0.3 is 132 Å². The minimum atomic E-state index is -1.69. The molecule has 0 aromatic heterocycles. The number of hydrogen-bond donors (Lipinski definition) is 0. The van der Waals surface area contributed by atoms with E-state index in [1.165, 1.54) is 16.2 Å². The third-order valence-corrected chi connectivity index (χ3v) is 10.5. The van der Waals surface area contributed by atoms with Crippen LogP contribution >= 0.6 is 0 Å². The van der Waals surface area contributed by atoms with E-state index in [0.29, 0.717) is 15.0 Å². The third kappa shape index (κ3) is 5.86. The Labute approximate surface area is 132 Å². The Morgan fingerprint density at radius 2 is 1.80 bits per heavy atom. The summed E-state index contributed by atoms with van der Waals surface area (Å²) in [4.78, 5) is 0. The van der Waals surface area contributed by atoms with Gasteiger partial charge in [-0.05, 0) is 0 Å². The Morgan fingerprint density at radius 1 is 1.20 bits per heavy atom. The first-order valence-corrected chi connectivity index (χ1v) is 12.2. The summed E-state index contributed by atoms with van der Waals surface area (Å²) in [6, 6.07) is 10.8. The maximum atomic E-state index is 6.21. The Morgan fingerprint density at radius 3 is 2.35 bits per heavy atom. The van der Waals surface area contributed by atoms with Gasteiger partial charge in [-0.1, -0.05) is 0 Å². The molecule has 0 aliphatic heterocycles. The van der Waals surface area contributed by atoms with Crippen molar-refractivity contribution >= 4 is 27.7 Å². The van der Waals surface area contributed by atoms with Gasteiger partial charge in [0.05, 0.1) is 0 Å². The molecule has 0 aliphatic rings. The van der Waals surface area contributed by atoms with Gasteiger partial charge in [0.15, 0.2) is 0 Å². The molecule has 0 radical (unpaired) electrons. The van der Waals surface area contributed by atoms with E-state index in [-0.39, 0.29) is 5.04 Å². The number of hydrogen-bond acceptors (Lipinski definition) is 1. The molecule has 0 saturated heterocycles. The van der Waals surface area contributed by atoms with Crippen LogP contribution in [-0.2, 0) is 4.43 Å². The molecule has 0 spiro atoms. The molecule has 0 unspecified atom stereocenters. The van der Waals surface area contributed by atoms with Gasteiger partial charge in [0.2, 0.25) is 0 Å². The molecule has 1 aromatic rings. The average Bonchev–Trinajstić information content (AvgIpc) is 2.34. The Kier molecular flexibility index (Phi) is 6.57. The van der Waals surface area contributed by atoms with Gasteiger partial charge in [0.1, 0.15) is 0 Å². The van der Waals surface area contributed by atoms with E-state index in [4.69, 9.17) is 4.43 Å². The zero-order valence-electron chi connectivity index (χ0n) is 13.5. The Hall–Kier alpha value is -0.504. The summed E-state index contributed by atoms with van der Waals surface area (Å²) in [6.07, 6.45) is 2.18. The van der Waals surface area contributed by atoms with Crippen molar-refractivity contribution in [2.45, 2.75) is 57.1 Å². The van der Waals surface area contributed by atoms with Crippen LogP contribution in [0.5, 0.6) is 0 Å². The first kappa shape index (κ1) is 17.5. The normalized spacial score (nSPS) is 12.2. The average molecular weight is 355 g/mol. The standard InChI is InChI=1S/C17H28OSeSi/c1-15(18-20(5,6)17(2,3)4)11-10-14-19-16-12-8-7-9-13-16/h7-9,12-13H,1,10-11,14H2,2-6H3. The van der Waals surface area contributed by atoms with Gasteiger partial charge in [0, 0.05) is 0 Å². The van der Waals surface area contributed by atoms with Gasteiger partial charge in [-0.3, -0.25) is 0 Å². The molecule has 3 heteroatoms. The molecule has 0 aliphatic carbocycles. The number of benzene rings is 1. The second-order valence-corrected chi connectivity index (χ2v) is 13.8. The van der Waals surface area contributed by atoms with E-state index < -0.39 is 8.32 Å². The molecule has 0 amide bonds. The zero-order chi connectivity index (χ0) is 15.2. The van der Waals surface area contributed by atoms with Gasteiger partial charge in [-0.25, -0.2) is 0 Å². The van der Waals surface area contributed by atoms with Gasteiger partial charge < -0.3 is 0 Å². The zero-order valence-corrected chi connectivity index (χ0v) is 16.2. The van der Waals surface area contributed by atoms with Gasteiger partial charge in [0.25, 0.3) is 0 Å². The van der Waals surface area contributed by atoms with E-state index in [1.807, 2.05) is 0 Å². The second-order valence-electron chi connectivity index (χ2n) is 6.67. The van der Waals surface area contributed by atoms with Crippen LogP contribution in [0.2, 0.25) is 23.5 Å². The molecular weight excluding hydrogens is 327 g/mol. The van der Waals surface area contributed by atoms with E-state index >= 15 is 0 Å². The van der Waals surface area contributed by atoms with Crippen LogP contribution in [0.1, 0.15) is 33.6 Å². The molecular formula is C17H28OSeSi. The van der Waals surface area contributed by atoms with Crippen molar-refractivity contribution in [3.63, 3.8) is 0 Å². The molecule has 0 bridgehead atoms.